The first-order valence-corrected chi connectivity index (χ1v) is 7.99. The Morgan fingerprint density at radius 3 is 2.48 bits per heavy atom. The van der Waals surface area contributed by atoms with E-state index >= 15 is 0 Å². The number of ether oxygens (including phenoxy) is 1. The summed E-state index contributed by atoms with van der Waals surface area (Å²) in [6.07, 6.45) is 1.08. The Kier molecular flexibility index (Phi) is 4.28. The van der Waals surface area contributed by atoms with E-state index in [1.807, 2.05) is 12.1 Å². The molecule has 0 spiro atoms. The maximum atomic E-state index is 12.2. The lowest BCUT2D eigenvalue weighted by Gasteiger charge is -2.23. The van der Waals surface area contributed by atoms with E-state index in [9.17, 15) is 9.59 Å². The number of ketones is 1. The summed E-state index contributed by atoms with van der Waals surface area (Å²) in [5.41, 5.74) is 5.35. The van der Waals surface area contributed by atoms with Crippen LogP contribution in [0.25, 0.3) is 11.1 Å². The number of aryl methyl sites for hydroxylation is 2. The van der Waals surface area contributed by atoms with Crippen molar-refractivity contribution in [2.75, 3.05) is 6.61 Å². The van der Waals surface area contributed by atoms with E-state index < -0.39 is 11.9 Å². The smallest absolute Gasteiger partial charge is 0.321 e. The second-order valence-electron chi connectivity index (χ2n) is 5.93. The summed E-state index contributed by atoms with van der Waals surface area (Å²) in [5, 5.41) is 0. The highest BCUT2D eigenvalue weighted by Crippen LogP contribution is 2.33. The van der Waals surface area contributed by atoms with Crippen LogP contribution in [0.5, 0.6) is 0 Å². The van der Waals surface area contributed by atoms with E-state index in [1.165, 1.54) is 5.56 Å². The summed E-state index contributed by atoms with van der Waals surface area (Å²) >= 11 is 0. The highest BCUT2D eigenvalue weighted by molar-refractivity contribution is 6.06. The Labute approximate surface area is 136 Å². The molecule has 0 bridgehead atoms. The summed E-state index contributed by atoms with van der Waals surface area (Å²) in [6, 6.07) is 14.3. The fourth-order valence-electron chi connectivity index (χ4n) is 3.09. The number of hydrogen-bond acceptors (Lipinski definition) is 3. The average Bonchev–Trinajstić information content (AvgIpc) is 2.55. The standard InChI is InChI=1S/C20H20O3/c1-3-23-20(22)19-17-10-8-15(12-16(17)9-11-18(19)21)14-6-4-13(2)5-7-14/h4-8,10,12,19H,3,9,11H2,1-2H3/t19-/m0/s1. The molecule has 0 aromatic heterocycles. The van der Waals surface area contributed by atoms with Crippen molar-refractivity contribution in [2.45, 2.75) is 32.6 Å². The first-order chi connectivity index (χ1) is 11.1. The molecule has 0 saturated carbocycles. The van der Waals surface area contributed by atoms with Gasteiger partial charge in [-0.2, -0.15) is 0 Å². The van der Waals surface area contributed by atoms with Gasteiger partial charge in [-0.15, -0.1) is 0 Å². The normalized spacial score (nSPS) is 16.8. The Morgan fingerprint density at radius 2 is 1.78 bits per heavy atom. The maximum Gasteiger partial charge on any atom is 0.321 e. The van der Waals surface area contributed by atoms with Gasteiger partial charge in [-0.25, -0.2) is 0 Å². The molecular weight excluding hydrogens is 288 g/mol. The lowest BCUT2D eigenvalue weighted by atomic mass is 9.80. The Bertz CT molecular complexity index is 744. The fraction of sp³-hybridized carbons (Fsp3) is 0.300. The number of carbonyl (C=O) groups is 2. The molecule has 0 radical (unpaired) electrons. The quantitative estimate of drug-likeness (QED) is 0.639. The topological polar surface area (TPSA) is 43.4 Å². The van der Waals surface area contributed by atoms with Crippen molar-refractivity contribution >= 4 is 11.8 Å². The highest BCUT2D eigenvalue weighted by Gasteiger charge is 2.34. The third kappa shape index (κ3) is 3.04. The number of carbonyl (C=O) groups excluding carboxylic acids is 2. The molecule has 3 rings (SSSR count). The molecule has 0 amide bonds. The molecule has 2 aromatic rings. The third-order valence-corrected chi connectivity index (χ3v) is 4.32. The van der Waals surface area contributed by atoms with Crippen LogP contribution in [-0.4, -0.2) is 18.4 Å². The van der Waals surface area contributed by atoms with E-state index in [0.29, 0.717) is 19.4 Å². The number of fused-ring (bicyclic) bond motifs is 1. The summed E-state index contributed by atoms with van der Waals surface area (Å²) in [6.45, 7) is 4.11. The Hall–Kier alpha value is -2.42. The lowest BCUT2D eigenvalue weighted by molar-refractivity contribution is -0.148. The molecule has 1 aliphatic rings. The highest BCUT2D eigenvalue weighted by atomic mass is 16.5. The minimum atomic E-state index is -0.759. The van der Waals surface area contributed by atoms with Crippen LogP contribution >= 0.6 is 0 Å². The van der Waals surface area contributed by atoms with Crippen LogP contribution in [0.3, 0.4) is 0 Å². The minimum Gasteiger partial charge on any atom is -0.465 e. The molecule has 0 saturated heterocycles. The van der Waals surface area contributed by atoms with Crippen molar-refractivity contribution in [2.24, 2.45) is 0 Å². The molecule has 2 aromatic carbocycles. The molecule has 0 unspecified atom stereocenters. The summed E-state index contributed by atoms with van der Waals surface area (Å²) in [7, 11) is 0. The molecule has 0 N–H and O–H groups in total. The van der Waals surface area contributed by atoms with Gasteiger partial charge >= 0.3 is 5.97 Å². The van der Waals surface area contributed by atoms with Crippen molar-refractivity contribution in [1.29, 1.82) is 0 Å². The van der Waals surface area contributed by atoms with Crippen LogP contribution in [0, 0.1) is 6.92 Å². The number of rotatable bonds is 3. The van der Waals surface area contributed by atoms with Gasteiger partial charge in [0.05, 0.1) is 6.61 Å². The van der Waals surface area contributed by atoms with Crippen molar-refractivity contribution in [3.63, 3.8) is 0 Å². The molecule has 1 atom stereocenters. The van der Waals surface area contributed by atoms with Gasteiger partial charge in [0, 0.05) is 6.42 Å². The van der Waals surface area contributed by atoms with Crippen molar-refractivity contribution in [3.8, 4) is 11.1 Å². The van der Waals surface area contributed by atoms with Crippen LogP contribution in [0.2, 0.25) is 0 Å². The monoisotopic (exact) mass is 308 g/mol. The van der Waals surface area contributed by atoms with Gasteiger partial charge < -0.3 is 4.74 Å². The van der Waals surface area contributed by atoms with Crippen molar-refractivity contribution < 1.29 is 14.3 Å². The maximum absolute atomic E-state index is 12.2. The number of benzene rings is 2. The molecule has 118 valence electrons. The first-order valence-electron chi connectivity index (χ1n) is 7.99. The molecule has 0 heterocycles. The van der Waals surface area contributed by atoms with Gasteiger partial charge in [0.2, 0.25) is 0 Å². The molecule has 3 nitrogen and oxygen atoms in total. The zero-order chi connectivity index (χ0) is 16.4. The van der Waals surface area contributed by atoms with Gasteiger partial charge in [-0.05, 0) is 42.5 Å². The van der Waals surface area contributed by atoms with E-state index in [-0.39, 0.29) is 5.78 Å². The van der Waals surface area contributed by atoms with Crippen molar-refractivity contribution in [3.05, 3.63) is 59.2 Å². The number of hydrogen-bond donors (Lipinski definition) is 0. The fourth-order valence-corrected chi connectivity index (χ4v) is 3.09. The minimum absolute atomic E-state index is 0.0426. The number of Topliss-reactive ketones (excluding diaryl/α,β-unsaturated/α-hetero) is 1. The van der Waals surface area contributed by atoms with Crippen LogP contribution in [0.15, 0.2) is 42.5 Å². The van der Waals surface area contributed by atoms with Crippen LogP contribution < -0.4 is 0 Å². The first kappa shape index (κ1) is 15.5. The Balaban J connectivity index is 1.98. The van der Waals surface area contributed by atoms with E-state index in [1.54, 1.807) is 6.92 Å². The van der Waals surface area contributed by atoms with Crippen LogP contribution in [-0.2, 0) is 20.7 Å². The SMILES string of the molecule is CCOC(=O)[C@@H]1C(=O)CCc2cc(-c3ccc(C)cc3)ccc21. The molecular formula is C20H20O3. The lowest BCUT2D eigenvalue weighted by Crippen LogP contribution is -2.29. The third-order valence-electron chi connectivity index (χ3n) is 4.32. The van der Waals surface area contributed by atoms with Gasteiger partial charge in [0.25, 0.3) is 0 Å². The van der Waals surface area contributed by atoms with E-state index in [4.69, 9.17) is 4.74 Å². The molecule has 23 heavy (non-hydrogen) atoms. The van der Waals surface area contributed by atoms with Crippen molar-refractivity contribution in [1.82, 2.24) is 0 Å². The number of esters is 1. The van der Waals surface area contributed by atoms with E-state index in [0.717, 1.165) is 22.3 Å². The van der Waals surface area contributed by atoms with E-state index in [2.05, 4.69) is 37.3 Å². The second-order valence-corrected chi connectivity index (χ2v) is 5.93. The zero-order valence-electron chi connectivity index (χ0n) is 13.5. The van der Waals surface area contributed by atoms with Crippen LogP contribution in [0.1, 0.15) is 36.0 Å². The largest absolute Gasteiger partial charge is 0.465 e. The van der Waals surface area contributed by atoms with Gasteiger partial charge in [-0.3, -0.25) is 9.59 Å². The summed E-state index contributed by atoms with van der Waals surface area (Å²) in [4.78, 5) is 24.3. The zero-order valence-corrected chi connectivity index (χ0v) is 13.5. The predicted octanol–water partition coefficient (Wildman–Crippen LogP) is 3.82. The molecule has 0 aliphatic heterocycles. The van der Waals surface area contributed by atoms with Gasteiger partial charge in [0.1, 0.15) is 5.92 Å². The summed E-state index contributed by atoms with van der Waals surface area (Å²) < 4.78 is 5.08. The second kappa shape index (κ2) is 6.37. The predicted molar refractivity (Wildman–Crippen MR) is 89.3 cm³/mol. The molecule has 1 aliphatic carbocycles. The van der Waals surface area contributed by atoms with Gasteiger partial charge in [-0.1, -0.05) is 48.0 Å². The summed E-state index contributed by atoms with van der Waals surface area (Å²) in [5.74, 6) is -1.23. The van der Waals surface area contributed by atoms with Crippen LogP contribution in [0.4, 0.5) is 0 Å². The molecule has 3 heteroatoms. The van der Waals surface area contributed by atoms with Gasteiger partial charge in [0.15, 0.2) is 5.78 Å². The molecule has 0 fully saturated rings. The average molecular weight is 308 g/mol. The Morgan fingerprint density at radius 1 is 1.09 bits per heavy atom.